The lowest BCUT2D eigenvalue weighted by molar-refractivity contribution is -0.823. The van der Waals surface area contributed by atoms with Crippen LogP contribution in [-0.4, -0.2) is 70.0 Å². The maximum atomic E-state index is 10.6. The number of rotatable bonds is 3. The molecule has 0 amide bonds. The first-order valence-electron chi connectivity index (χ1n) is 8.79. The first-order chi connectivity index (χ1) is 12.2. The quantitative estimate of drug-likeness (QED) is 0.374. The summed E-state index contributed by atoms with van der Waals surface area (Å²) in [4.78, 5) is 4.05. The smallest absolute Gasteiger partial charge is 0.334 e. The molecule has 8 heteroatoms. The molecule has 0 bridgehead atoms. The van der Waals surface area contributed by atoms with Crippen LogP contribution in [0, 0.1) is 0 Å². The van der Waals surface area contributed by atoms with Crippen molar-refractivity contribution in [3.63, 3.8) is 0 Å². The van der Waals surface area contributed by atoms with Gasteiger partial charge in [-0.3, -0.25) is 10.2 Å². The van der Waals surface area contributed by atoms with Gasteiger partial charge in [-0.05, 0) is 39.8 Å². The number of ether oxygens (including phenoxy) is 5. The van der Waals surface area contributed by atoms with Crippen molar-refractivity contribution in [2.24, 2.45) is 0 Å². The molecular formula is C18H25N2O6+. The molecule has 0 aliphatic carbocycles. The molecule has 2 unspecified atom stereocenters. The van der Waals surface area contributed by atoms with Gasteiger partial charge in [-0.25, -0.2) is 0 Å². The van der Waals surface area contributed by atoms with Crippen LogP contribution in [0.1, 0.15) is 33.3 Å². The molecule has 0 saturated carbocycles. The number of fused-ring (bicyclic) bond motifs is 1. The minimum atomic E-state index is -0.764. The fraction of sp³-hybridized carbons (Fsp3) is 0.667. The van der Waals surface area contributed by atoms with Gasteiger partial charge >= 0.3 is 6.23 Å². The van der Waals surface area contributed by atoms with E-state index in [1.54, 1.807) is 24.7 Å². The van der Waals surface area contributed by atoms with E-state index in [0.29, 0.717) is 6.61 Å². The van der Waals surface area contributed by atoms with Crippen LogP contribution < -0.4 is 0 Å². The van der Waals surface area contributed by atoms with Crippen molar-refractivity contribution in [3.05, 3.63) is 30.1 Å². The molecule has 1 aromatic rings. The summed E-state index contributed by atoms with van der Waals surface area (Å²) in [6.07, 6.45) is 2.62. The summed E-state index contributed by atoms with van der Waals surface area (Å²) in [6.45, 7) is 7.82. The van der Waals surface area contributed by atoms with Gasteiger partial charge in [-0.1, -0.05) is 0 Å². The summed E-state index contributed by atoms with van der Waals surface area (Å²) in [7, 11) is 0. The molecule has 3 fully saturated rings. The second-order valence-electron chi connectivity index (χ2n) is 7.72. The number of hydroxylamine groups is 1. The van der Waals surface area contributed by atoms with E-state index in [0.717, 1.165) is 10.3 Å². The van der Waals surface area contributed by atoms with Gasteiger partial charge in [0.1, 0.15) is 18.3 Å². The second kappa shape index (κ2) is 6.24. The highest BCUT2D eigenvalue weighted by atomic mass is 16.8. The lowest BCUT2D eigenvalue weighted by Gasteiger charge is -2.25. The summed E-state index contributed by atoms with van der Waals surface area (Å²) in [5, 5.41) is 10.6. The van der Waals surface area contributed by atoms with Crippen molar-refractivity contribution in [2.45, 2.75) is 69.9 Å². The van der Waals surface area contributed by atoms with E-state index < -0.39 is 30.0 Å². The van der Waals surface area contributed by atoms with Crippen LogP contribution in [0.5, 0.6) is 0 Å². The predicted molar refractivity (Wildman–Crippen MR) is 88.8 cm³/mol. The highest BCUT2D eigenvalue weighted by Crippen LogP contribution is 2.42. The third-order valence-electron chi connectivity index (χ3n) is 4.69. The van der Waals surface area contributed by atoms with Crippen LogP contribution in [0.15, 0.2) is 24.5 Å². The molecule has 4 heterocycles. The molecule has 26 heavy (non-hydrogen) atoms. The minimum absolute atomic E-state index is 0.299. The molecule has 5 atom stereocenters. The molecule has 0 radical (unpaired) electrons. The Kier molecular flexibility index (Phi) is 4.28. The maximum absolute atomic E-state index is 10.6. The van der Waals surface area contributed by atoms with Crippen molar-refractivity contribution in [1.29, 1.82) is 0 Å². The Hall–Kier alpha value is -1.58. The number of hydrogen-bond donors (Lipinski definition) is 1. The first-order valence-corrected chi connectivity index (χ1v) is 8.79. The summed E-state index contributed by atoms with van der Waals surface area (Å²) in [5.41, 5.74) is 0.748. The minimum Gasteiger partial charge on any atom is -0.348 e. The van der Waals surface area contributed by atoms with E-state index in [1.807, 2.05) is 33.8 Å². The van der Waals surface area contributed by atoms with Crippen molar-refractivity contribution >= 4 is 6.21 Å². The molecular weight excluding hydrogens is 340 g/mol. The van der Waals surface area contributed by atoms with E-state index in [2.05, 4.69) is 4.98 Å². The Morgan fingerprint density at radius 1 is 1.12 bits per heavy atom. The molecule has 1 aromatic heterocycles. The lowest BCUT2D eigenvalue weighted by Crippen LogP contribution is -2.40. The van der Waals surface area contributed by atoms with E-state index in [4.69, 9.17) is 23.7 Å². The van der Waals surface area contributed by atoms with Crippen LogP contribution in [0.3, 0.4) is 0 Å². The summed E-state index contributed by atoms with van der Waals surface area (Å²) in [5.74, 6) is -1.43. The molecule has 1 N–H and O–H groups in total. The Balaban J connectivity index is 1.59. The zero-order valence-electron chi connectivity index (χ0n) is 15.4. The van der Waals surface area contributed by atoms with Gasteiger partial charge in [0.25, 0.3) is 0 Å². The molecule has 3 aliphatic heterocycles. The third kappa shape index (κ3) is 3.35. The van der Waals surface area contributed by atoms with E-state index in [-0.39, 0.29) is 12.2 Å². The predicted octanol–water partition coefficient (Wildman–Crippen LogP) is 1.30. The standard InChI is InChI=1S/C18H25N2O6/c1-17(2)22-10-12(24-17)13-14-15(26-18(3,4)25-14)16(23-13)20(21)9-11-6-5-7-19-8-11/h5-9,12-16,21H,10H2,1-4H3/q+1/t12-,13?,14-,15-,16?/m1/s1. The largest absolute Gasteiger partial charge is 0.348 e. The zero-order chi connectivity index (χ0) is 18.5. The Bertz CT molecular complexity index is 692. The number of aromatic nitrogens is 1. The van der Waals surface area contributed by atoms with Gasteiger partial charge in [0, 0.05) is 17.1 Å². The highest BCUT2D eigenvalue weighted by molar-refractivity contribution is 5.74. The Labute approximate surface area is 152 Å². The Morgan fingerprint density at radius 3 is 2.54 bits per heavy atom. The van der Waals surface area contributed by atoms with Crippen molar-refractivity contribution < 1.29 is 33.6 Å². The average molecular weight is 365 g/mol. The maximum Gasteiger partial charge on any atom is 0.334 e. The summed E-state index contributed by atoms with van der Waals surface area (Å²) in [6, 6.07) is 3.64. The van der Waals surface area contributed by atoms with Gasteiger partial charge in [0.15, 0.2) is 17.7 Å². The van der Waals surface area contributed by atoms with Crippen LogP contribution in [0.25, 0.3) is 0 Å². The van der Waals surface area contributed by atoms with Crippen molar-refractivity contribution in [1.82, 2.24) is 4.98 Å². The molecule has 3 aliphatic rings. The fourth-order valence-corrected chi connectivity index (χ4v) is 3.68. The van der Waals surface area contributed by atoms with Crippen LogP contribution >= 0.6 is 0 Å². The molecule has 8 nitrogen and oxygen atoms in total. The number of hydrogen-bond acceptors (Lipinski definition) is 7. The SMILES string of the molecule is CC1(C)OC[C@H](C2OC(/[N+](O)=C/c3cccnc3)[C@@H]3OC(C)(C)O[C@H]23)O1. The molecule has 0 aromatic carbocycles. The zero-order valence-corrected chi connectivity index (χ0v) is 15.4. The lowest BCUT2D eigenvalue weighted by atomic mass is 10.1. The second-order valence-corrected chi connectivity index (χ2v) is 7.72. The molecule has 3 saturated heterocycles. The van der Waals surface area contributed by atoms with Gasteiger partial charge in [0.2, 0.25) is 6.21 Å². The average Bonchev–Trinajstić information content (AvgIpc) is 3.18. The van der Waals surface area contributed by atoms with Crippen LogP contribution in [-0.2, 0) is 23.7 Å². The summed E-state index contributed by atoms with van der Waals surface area (Å²) < 4.78 is 30.8. The third-order valence-corrected chi connectivity index (χ3v) is 4.69. The van der Waals surface area contributed by atoms with Crippen LogP contribution in [0.2, 0.25) is 0 Å². The normalized spacial score (nSPS) is 38.5. The van der Waals surface area contributed by atoms with E-state index in [9.17, 15) is 5.21 Å². The highest BCUT2D eigenvalue weighted by Gasteiger charge is 2.63. The van der Waals surface area contributed by atoms with Gasteiger partial charge in [-0.15, -0.1) is 0 Å². The Morgan fingerprint density at radius 2 is 1.88 bits per heavy atom. The van der Waals surface area contributed by atoms with Gasteiger partial charge in [0.05, 0.1) is 12.2 Å². The fourth-order valence-electron chi connectivity index (χ4n) is 3.68. The molecule has 142 valence electrons. The first kappa shape index (κ1) is 17.8. The molecule has 0 spiro atoms. The monoisotopic (exact) mass is 365 g/mol. The number of pyridine rings is 1. The van der Waals surface area contributed by atoms with Crippen molar-refractivity contribution in [2.75, 3.05) is 6.61 Å². The summed E-state index contributed by atoms with van der Waals surface area (Å²) >= 11 is 0. The topological polar surface area (TPSA) is 82.3 Å². The van der Waals surface area contributed by atoms with E-state index >= 15 is 0 Å². The van der Waals surface area contributed by atoms with E-state index in [1.165, 1.54) is 0 Å². The van der Waals surface area contributed by atoms with Gasteiger partial charge < -0.3 is 23.7 Å². The number of nitrogens with zero attached hydrogens (tertiary/aromatic N) is 2. The van der Waals surface area contributed by atoms with Gasteiger partial charge in [-0.2, -0.15) is 0 Å². The van der Waals surface area contributed by atoms with Crippen LogP contribution in [0.4, 0.5) is 0 Å². The van der Waals surface area contributed by atoms with Crippen molar-refractivity contribution in [3.8, 4) is 0 Å². The molecule has 4 rings (SSSR count).